The van der Waals surface area contributed by atoms with Crippen LogP contribution in [-0.4, -0.2) is 48.3 Å². The highest BCUT2D eigenvalue weighted by molar-refractivity contribution is 6.33. The lowest BCUT2D eigenvalue weighted by Crippen LogP contribution is -2.46. The number of hydrogen-bond acceptors (Lipinski definition) is 4. The molecular formula is C14H19ClN2O3. The molecule has 0 saturated carbocycles. The standard InChI is InChI=1S/C14H19ClN2O3/c1-10-8-17(4-5-20-10)14(19)7-16-13-6-11(9-18)2-3-12(13)15/h2-3,6,10,16,18H,4-5,7-9H2,1H3/t10-/m0/s1. The third kappa shape index (κ3) is 3.85. The van der Waals surface area contributed by atoms with Crippen LogP contribution in [0.4, 0.5) is 5.69 Å². The smallest absolute Gasteiger partial charge is 0.242 e. The molecule has 0 unspecified atom stereocenters. The number of anilines is 1. The van der Waals surface area contributed by atoms with Crippen molar-refractivity contribution in [2.45, 2.75) is 19.6 Å². The van der Waals surface area contributed by atoms with Gasteiger partial charge in [0, 0.05) is 13.1 Å². The van der Waals surface area contributed by atoms with E-state index in [0.717, 1.165) is 5.56 Å². The maximum Gasteiger partial charge on any atom is 0.242 e. The second-order valence-electron chi connectivity index (χ2n) is 4.85. The molecule has 0 radical (unpaired) electrons. The van der Waals surface area contributed by atoms with Gasteiger partial charge in [0.1, 0.15) is 0 Å². The monoisotopic (exact) mass is 298 g/mol. The van der Waals surface area contributed by atoms with E-state index in [0.29, 0.717) is 30.4 Å². The minimum absolute atomic E-state index is 0.0191. The van der Waals surface area contributed by atoms with Gasteiger partial charge in [0.25, 0.3) is 0 Å². The molecule has 1 aromatic carbocycles. The summed E-state index contributed by atoms with van der Waals surface area (Å²) in [6.45, 7) is 3.89. The molecule has 5 nitrogen and oxygen atoms in total. The fraction of sp³-hybridized carbons (Fsp3) is 0.500. The number of halogens is 1. The van der Waals surface area contributed by atoms with E-state index in [1.165, 1.54) is 0 Å². The molecule has 110 valence electrons. The molecule has 0 spiro atoms. The molecule has 1 amide bonds. The first kappa shape index (κ1) is 15.1. The quantitative estimate of drug-likeness (QED) is 0.884. The predicted molar refractivity (Wildman–Crippen MR) is 77.9 cm³/mol. The number of aliphatic hydroxyl groups is 1. The van der Waals surface area contributed by atoms with E-state index >= 15 is 0 Å². The van der Waals surface area contributed by atoms with E-state index in [1.54, 1.807) is 23.1 Å². The molecule has 1 heterocycles. The number of amides is 1. The van der Waals surface area contributed by atoms with Crippen molar-refractivity contribution in [1.29, 1.82) is 0 Å². The molecule has 1 fully saturated rings. The van der Waals surface area contributed by atoms with Crippen LogP contribution in [0.3, 0.4) is 0 Å². The molecular weight excluding hydrogens is 280 g/mol. The summed E-state index contributed by atoms with van der Waals surface area (Å²) in [5, 5.41) is 12.7. The Labute approximate surface area is 123 Å². The molecule has 0 bridgehead atoms. The zero-order valence-corrected chi connectivity index (χ0v) is 12.2. The molecule has 2 rings (SSSR count). The summed E-state index contributed by atoms with van der Waals surface area (Å²) in [6, 6.07) is 5.20. The topological polar surface area (TPSA) is 61.8 Å². The molecule has 0 aromatic heterocycles. The molecule has 0 aliphatic carbocycles. The number of carbonyl (C=O) groups excluding carboxylic acids is 1. The van der Waals surface area contributed by atoms with Crippen molar-refractivity contribution in [3.63, 3.8) is 0 Å². The summed E-state index contributed by atoms with van der Waals surface area (Å²) in [5.41, 5.74) is 1.41. The average molecular weight is 299 g/mol. The molecule has 1 aliphatic rings. The number of ether oxygens (including phenoxy) is 1. The first-order valence-electron chi connectivity index (χ1n) is 6.62. The van der Waals surface area contributed by atoms with Crippen LogP contribution in [-0.2, 0) is 16.1 Å². The van der Waals surface area contributed by atoms with Crippen molar-refractivity contribution < 1.29 is 14.6 Å². The number of hydrogen-bond donors (Lipinski definition) is 2. The third-order valence-electron chi connectivity index (χ3n) is 3.24. The highest BCUT2D eigenvalue weighted by Gasteiger charge is 2.21. The summed E-state index contributed by atoms with van der Waals surface area (Å²) in [7, 11) is 0. The van der Waals surface area contributed by atoms with Crippen molar-refractivity contribution in [3.05, 3.63) is 28.8 Å². The normalized spacial score (nSPS) is 18.9. The van der Waals surface area contributed by atoms with Crippen molar-refractivity contribution >= 4 is 23.2 Å². The average Bonchev–Trinajstić information content (AvgIpc) is 2.46. The van der Waals surface area contributed by atoms with E-state index in [4.69, 9.17) is 21.4 Å². The van der Waals surface area contributed by atoms with Gasteiger partial charge < -0.3 is 20.1 Å². The van der Waals surface area contributed by atoms with Gasteiger partial charge in [-0.3, -0.25) is 4.79 Å². The van der Waals surface area contributed by atoms with Crippen molar-refractivity contribution in [2.75, 3.05) is 31.6 Å². The molecule has 6 heteroatoms. The molecule has 1 saturated heterocycles. The van der Waals surface area contributed by atoms with Crippen molar-refractivity contribution in [1.82, 2.24) is 4.90 Å². The van der Waals surface area contributed by atoms with Crippen LogP contribution in [0.25, 0.3) is 0 Å². The summed E-state index contributed by atoms with van der Waals surface area (Å²) in [5.74, 6) is 0.0191. The van der Waals surface area contributed by atoms with Crippen LogP contribution in [0.2, 0.25) is 5.02 Å². The van der Waals surface area contributed by atoms with Crippen LogP contribution in [0.5, 0.6) is 0 Å². The fourth-order valence-corrected chi connectivity index (χ4v) is 2.32. The van der Waals surface area contributed by atoms with E-state index in [1.807, 2.05) is 6.92 Å². The first-order chi connectivity index (χ1) is 9.60. The van der Waals surface area contributed by atoms with E-state index < -0.39 is 0 Å². The largest absolute Gasteiger partial charge is 0.392 e. The summed E-state index contributed by atoms with van der Waals surface area (Å²) in [4.78, 5) is 13.9. The van der Waals surface area contributed by atoms with Gasteiger partial charge in [0.15, 0.2) is 0 Å². The Kier molecular flexibility index (Phi) is 5.23. The minimum atomic E-state index is -0.0548. The Balaban J connectivity index is 1.92. The van der Waals surface area contributed by atoms with Gasteiger partial charge >= 0.3 is 0 Å². The Bertz CT molecular complexity index is 481. The Hall–Kier alpha value is -1.30. The Morgan fingerprint density at radius 1 is 1.60 bits per heavy atom. The number of aliphatic hydroxyl groups excluding tert-OH is 1. The molecule has 1 aliphatic heterocycles. The van der Waals surface area contributed by atoms with E-state index in [-0.39, 0.29) is 25.2 Å². The van der Waals surface area contributed by atoms with E-state index in [9.17, 15) is 4.79 Å². The highest BCUT2D eigenvalue weighted by atomic mass is 35.5. The second kappa shape index (κ2) is 6.92. The highest BCUT2D eigenvalue weighted by Crippen LogP contribution is 2.23. The molecule has 1 aromatic rings. The summed E-state index contributed by atoms with van der Waals surface area (Å²) < 4.78 is 5.41. The van der Waals surface area contributed by atoms with Gasteiger partial charge in [-0.25, -0.2) is 0 Å². The van der Waals surface area contributed by atoms with E-state index in [2.05, 4.69) is 5.32 Å². The van der Waals surface area contributed by atoms with Gasteiger partial charge in [-0.05, 0) is 24.6 Å². The van der Waals surface area contributed by atoms with Gasteiger partial charge in [-0.2, -0.15) is 0 Å². The fourth-order valence-electron chi connectivity index (χ4n) is 2.13. The Morgan fingerprint density at radius 3 is 3.10 bits per heavy atom. The maximum absolute atomic E-state index is 12.1. The van der Waals surface area contributed by atoms with Crippen LogP contribution >= 0.6 is 11.6 Å². The lowest BCUT2D eigenvalue weighted by molar-refractivity contribution is -0.136. The zero-order valence-electron chi connectivity index (χ0n) is 11.4. The summed E-state index contributed by atoms with van der Waals surface area (Å²) >= 11 is 6.06. The number of morpholine rings is 1. The molecule has 2 N–H and O–H groups in total. The molecule has 20 heavy (non-hydrogen) atoms. The van der Waals surface area contributed by atoms with Crippen LogP contribution in [0, 0.1) is 0 Å². The number of nitrogens with one attached hydrogen (secondary N) is 1. The van der Waals surface area contributed by atoms with Gasteiger partial charge in [-0.1, -0.05) is 17.7 Å². The number of carbonyl (C=O) groups is 1. The van der Waals surface area contributed by atoms with Crippen molar-refractivity contribution in [2.24, 2.45) is 0 Å². The maximum atomic E-state index is 12.1. The zero-order chi connectivity index (χ0) is 14.5. The third-order valence-corrected chi connectivity index (χ3v) is 3.57. The lowest BCUT2D eigenvalue weighted by Gasteiger charge is -2.31. The number of benzene rings is 1. The van der Waals surface area contributed by atoms with Crippen LogP contribution in [0.1, 0.15) is 12.5 Å². The SMILES string of the molecule is C[C@H]1CN(C(=O)CNc2cc(CO)ccc2Cl)CCO1. The number of rotatable bonds is 4. The Morgan fingerprint density at radius 2 is 2.40 bits per heavy atom. The van der Waals surface area contributed by atoms with Crippen LogP contribution in [0.15, 0.2) is 18.2 Å². The number of nitrogens with zero attached hydrogens (tertiary/aromatic N) is 1. The first-order valence-corrected chi connectivity index (χ1v) is 7.00. The lowest BCUT2D eigenvalue weighted by atomic mass is 10.2. The molecule has 1 atom stereocenters. The van der Waals surface area contributed by atoms with Gasteiger partial charge in [0.2, 0.25) is 5.91 Å². The van der Waals surface area contributed by atoms with Crippen LogP contribution < -0.4 is 5.32 Å². The van der Waals surface area contributed by atoms with Gasteiger partial charge in [0.05, 0.1) is 36.6 Å². The minimum Gasteiger partial charge on any atom is -0.392 e. The predicted octanol–water partition coefficient (Wildman–Crippen LogP) is 1.49. The summed E-state index contributed by atoms with van der Waals surface area (Å²) in [6.07, 6.45) is 0.0778. The second-order valence-corrected chi connectivity index (χ2v) is 5.25. The van der Waals surface area contributed by atoms with Crippen molar-refractivity contribution in [3.8, 4) is 0 Å². The van der Waals surface area contributed by atoms with Gasteiger partial charge in [-0.15, -0.1) is 0 Å².